The van der Waals surface area contributed by atoms with E-state index in [9.17, 15) is 4.79 Å². The minimum Gasteiger partial charge on any atom is -0.368 e. The molecule has 1 saturated carbocycles. The van der Waals surface area contributed by atoms with Crippen molar-refractivity contribution < 1.29 is 9.32 Å². The van der Waals surface area contributed by atoms with E-state index in [1.54, 1.807) is 6.33 Å². The number of carbonyl (C=O) groups excluding carboxylic acids is 1. The van der Waals surface area contributed by atoms with E-state index in [-0.39, 0.29) is 5.91 Å². The lowest BCUT2D eigenvalue weighted by atomic mass is 10.1. The van der Waals surface area contributed by atoms with Gasteiger partial charge in [0.05, 0.1) is 5.52 Å². The molecule has 5 rings (SSSR count). The summed E-state index contributed by atoms with van der Waals surface area (Å²) in [6.07, 6.45) is 3.86. The molecule has 1 aromatic carbocycles. The summed E-state index contributed by atoms with van der Waals surface area (Å²) < 4.78 is 5.34. The molecule has 1 aliphatic carbocycles. The van der Waals surface area contributed by atoms with Gasteiger partial charge in [0.25, 0.3) is 5.91 Å². The minimum atomic E-state index is -0.0397. The SMILES string of the molecule is CN(C)c1ncnc2ccc(N3CCN(C(=O)c4cc(C5CC5)on4)CC3)cc12. The topological polar surface area (TPSA) is 78.6 Å². The molecule has 0 N–H and O–H groups in total. The molecule has 2 aromatic heterocycles. The molecule has 0 spiro atoms. The van der Waals surface area contributed by atoms with Gasteiger partial charge >= 0.3 is 0 Å². The smallest absolute Gasteiger partial charge is 0.276 e. The number of nitrogens with zero attached hydrogens (tertiary/aromatic N) is 6. The number of carbonyl (C=O) groups is 1. The number of piperazine rings is 1. The monoisotopic (exact) mass is 392 g/mol. The summed E-state index contributed by atoms with van der Waals surface area (Å²) in [5, 5.41) is 5.02. The summed E-state index contributed by atoms with van der Waals surface area (Å²) in [6, 6.07) is 8.08. The normalized spacial score (nSPS) is 17.0. The van der Waals surface area contributed by atoms with Crippen LogP contribution in [-0.4, -0.2) is 66.2 Å². The summed E-state index contributed by atoms with van der Waals surface area (Å²) in [7, 11) is 3.97. The third kappa shape index (κ3) is 3.39. The highest BCUT2D eigenvalue weighted by Gasteiger charge is 2.30. The first-order valence-electron chi connectivity index (χ1n) is 10.0. The van der Waals surface area contributed by atoms with Gasteiger partial charge in [0, 0.05) is 63.3 Å². The largest absolute Gasteiger partial charge is 0.368 e. The lowest BCUT2D eigenvalue weighted by Crippen LogP contribution is -2.48. The Kier molecular flexibility index (Phi) is 4.34. The second kappa shape index (κ2) is 7.02. The van der Waals surface area contributed by atoms with Gasteiger partial charge in [-0.1, -0.05) is 5.16 Å². The summed E-state index contributed by atoms with van der Waals surface area (Å²) in [6.45, 7) is 2.87. The van der Waals surface area contributed by atoms with E-state index >= 15 is 0 Å². The van der Waals surface area contributed by atoms with Gasteiger partial charge < -0.3 is 19.2 Å². The maximum Gasteiger partial charge on any atom is 0.276 e. The van der Waals surface area contributed by atoms with Crippen molar-refractivity contribution in [3.63, 3.8) is 0 Å². The predicted octanol–water partition coefficient (Wildman–Crippen LogP) is 2.52. The van der Waals surface area contributed by atoms with Gasteiger partial charge in [0.2, 0.25) is 0 Å². The van der Waals surface area contributed by atoms with Crippen LogP contribution in [0.2, 0.25) is 0 Å². The van der Waals surface area contributed by atoms with Crippen LogP contribution in [-0.2, 0) is 0 Å². The number of amides is 1. The second-order valence-electron chi connectivity index (χ2n) is 7.96. The quantitative estimate of drug-likeness (QED) is 0.675. The summed E-state index contributed by atoms with van der Waals surface area (Å²) in [5.74, 6) is 2.18. The number of fused-ring (bicyclic) bond motifs is 1. The molecule has 0 radical (unpaired) electrons. The van der Waals surface area contributed by atoms with Gasteiger partial charge in [-0.3, -0.25) is 4.79 Å². The molecular weight excluding hydrogens is 368 g/mol. The number of aromatic nitrogens is 3. The molecule has 2 fully saturated rings. The Hall–Kier alpha value is -3.16. The molecule has 0 atom stereocenters. The van der Waals surface area contributed by atoms with Crippen LogP contribution >= 0.6 is 0 Å². The molecule has 8 heteroatoms. The molecule has 1 aliphatic heterocycles. The van der Waals surface area contributed by atoms with Crippen molar-refractivity contribution in [3.8, 4) is 0 Å². The van der Waals surface area contributed by atoms with Crippen LogP contribution in [0.3, 0.4) is 0 Å². The first kappa shape index (κ1) is 17.9. The fourth-order valence-corrected chi connectivity index (χ4v) is 3.86. The van der Waals surface area contributed by atoms with Crippen LogP contribution in [0, 0.1) is 0 Å². The third-order valence-corrected chi connectivity index (χ3v) is 5.68. The maximum atomic E-state index is 12.8. The zero-order valence-electron chi connectivity index (χ0n) is 16.7. The highest BCUT2D eigenvalue weighted by molar-refractivity contribution is 5.93. The van der Waals surface area contributed by atoms with Crippen molar-refractivity contribution in [1.29, 1.82) is 0 Å². The molecule has 3 aromatic rings. The van der Waals surface area contributed by atoms with Gasteiger partial charge in [-0.25, -0.2) is 9.97 Å². The number of hydrogen-bond acceptors (Lipinski definition) is 7. The Bertz CT molecular complexity index is 1050. The van der Waals surface area contributed by atoms with Crippen molar-refractivity contribution >= 4 is 28.3 Å². The second-order valence-corrected chi connectivity index (χ2v) is 7.96. The third-order valence-electron chi connectivity index (χ3n) is 5.68. The molecule has 0 bridgehead atoms. The number of hydrogen-bond donors (Lipinski definition) is 0. The molecule has 0 unspecified atom stereocenters. The fraction of sp³-hybridized carbons (Fsp3) is 0.429. The molecule has 1 saturated heterocycles. The van der Waals surface area contributed by atoms with Gasteiger partial charge in [0.1, 0.15) is 17.9 Å². The van der Waals surface area contributed by atoms with E-state index in [0.29, 0.717) is 24.7 Å². The zero-order chi connectivity index (χ0) is 20.0. The average molecular weight is 392 g/mol. The Morgan fingerprint density at radius 1 is 1.10 bits per heavy atom. The summed E-state index contributed by atoms with van der Waals surface area (Å²) in [4.78, 5) is 27.7. The standard InChI is InChI=1S/C21H24N6O2/c1-25(2)20-16-11-15(5-6-17(16)22-13-23-20)26-7-9-27(10-8-26)21(28)18-12-19(29-24-18)14-3-4-14/h5-6,11-14H,3-4,7-10H2,1-2H3. The molecule has 29 heavy (non-hydrogen) atoms. The van der Waals surface area contributed by atoms with E-state index in [1.807, 2.05) is 36.0 Å². The first-order chi connectivity index (χ1) is 14.1. The highest BCUT2D eigenvalue weighted by Crippen LogP contribution is 2.40. The van der Waals surface area contributed by atoms with Gasteiger partial charge in [0.15, 0.2) is 5.69 Å². The fourth-order valence-electron chi connectivity index (χ4n) is 3.86. The van der Waals surface area contributed by atoms with Crippen molar-refractivity contribution in [1.82, 2.24) is 20.0 Å². The van der Waals surface area contributed by atoms with Crippen molar-refractivity contribution in [2.75, 3.05) is 50.1 Å². The average Bonchev–Trinajstić information content (AvgIpc) is 3.49. The molecule has 8 nitrogen and oxygen atoms in total. The van der Waals surface area contributed by atoms with E-state index in [2.05, 4.69) is 32.2 Å². The number of rotatable bonds is 4. The van der Waals surface area contributed by atoms with Crippen LogP contribution in [0.15, 0.2) is 35.1 Å². The number of anilines is 2. The van der Waals surface area contributed by atoms with Gasteiger partial charge in [-0.2, -0.15) is 0 Å². The van der Waals surface area contributed by atoms with Crippen LogP contribution in [0.4, 0.5) is 11.5 Å². The Balaban J connectivity index is 1.29. The van der Waals surface area contributed by atoms with Crippen molar-refractivity contribution in [2.24, 2.45) is 0 Å². The Labute approximate surface area is 169 Å². The van der Waals surface area contributed by atoms with Crippen molar-refractivity contribution in [2.45, 2.75) is 18.8 Å². The Morgan fingerprint density at radius 3 is 2.62 bits per heavy atom. The summed E-state index contributed by atoms with van der Waals surface area (Å²) >= 11 is 0. The van der Waals surface area contributed by atoms with E-state index in [1.165, 1.54) is 0 Å². The molecule has 1 amide bonds. The predicted molar refractivity (Wildman–Crippen MR) is 110 cm³/mol. The maximum absolute atomic E-state index is 12.8. The highest BCUT2D eigenvalue weighted by atomic mass is 16.5. The molecule has 2 aliphatic rings. The van der Waals surface area contributed by atoms with E-state index in [0.717, 1.165) is 54.1 Å². The lowest BCUT2D eigenvalue weighted by Gasteiger charge is -2.36. The first-order valence-corrected chi connectivity index (χ1v) is 10.0. The summed E-state index contributed by atoms with van der Waals surface area (Å²) in [5.41, 5.74) is 2.48. The van der Waals surface area contributed by atoms with Gasteiger partial charge in [-0.05, 0) is 31.0 Å². The molecular formula is C21H24N6O2. The number of benzene rings is 1. The van der Waals surface area contributed by atoms with E-state index < -0.39 is 0 Å². The van der Waals surface area contributed by atoms with Crippen LogP contribution in [0.5, 0.6) is 0 Å². The van der Waals surface area contributed by atoms with Crippen LogP contribution < -0.4 is 9.80 Å². The van der Waals surface area contributed by atoms with E-state index in [4.69, 9.17) is 4.52 Å². The van der Waals surface area contributed by atoms with Gasteiger partial charge in [-0.15, -0.1) is 0 Å². The molecule has 3 heterocycles. The zero-order valence-corrected chi connectivity index (χ0v) is 16.7. The Morgan fingerprint density at radius 2 is 1.90 bits per heavy atom. The van der Waals surface area contributed by atoms with Crippen LogP contribution in [0.1, 0.15) is 35.0 Å². The minimum absolute atomic E-state index is 0.0397. The van der Waals surface area contributed by atoms with Crippen molar-refractivity contribution in [3.05, 3.63) is 42.0 Å². The van der Waals surface area contributed by atoms with Crippen LogP contribution in [0.25, 0.3) is 10.9 Å². The molecule has 150 valence electrons. The lowest BCUT2D eigenvalue weighted by molar-refractivity contribution is 0.0736.